The molecule has 6 nitrogen and oxygen atoms in total. The summed E-state index contributed by atoms with van der Waals surface area (Å²) < 4.78 is 18.6. The van der Waals surface area contributed by atoms with Crippen molar-refractivity contribution in [2.75, 3.05) is 44.3 Å². The highest BCUT2D eigenvalue weighted by molar-refractivity contribution is 5.94. The quantitative estimate of drug-likeness (QED) is 0.717. The average molecular weight is 440 g/mol. The summed E-state index contributed by atoms with van der Waals surface area (Å²) >= 11 is 0. The Morgan fingerprint density at radius 2 is 1.81 bits per heavy atom. The van der Waals surface area contributed by atoms with Crippen LogP contribution in [-0.4, -0.2) is 67.5 Å². The number of rotatable bonds is 4. The van der Waals surface area contributed by atoms with Crippen molar-refractivity contribution in [1.29, 1.82) is 0 Å². The van der Waals surface area contributed by atoms with Gasteiger partial charge in [-0.25, -0.2) is 4.39 Å². The van der Waals surface area contributed by atoms with Gasteiger partial charge in [0.25, 0.3) is 5.91 Å². The third-order valence-corrected chi connectivity index (χ3v) is 7.00. The lowest BCUT2D eigenvalue weighted by molar-refractivity contribution is -0.0660. The zero-order chi connectivity index (χ0) is 22.1. The molecule has 0 radical (unpaired) electrons. The number of aliphatic hydroxyl groups is 1. The summed E-state index contributed by atoms with van der Waals surface area (Å²) in [7, 11) is 0. The molecular formula is C25H30FN3O3. The fourth-order valence-corrected chi connectivity index (χ4v) is 4.95. The van der Waals surface area contributed by atoms with E-state index < -0.39 is 12.1 Å². The number of piperazine rings is 1. The van der Waals surface area contributed by atoms with Crippen LogP contribution in [0.5, 0.6) is 0 Å². The summed E-state index contributed by atoms with van der Waals surface area (Å²) in [6.07, 6.45) is 1.72. The van der Waals surface area contributed by atoms with E-state index in [2.05, 4.69) is 33.3 Å². The number of nitrogens with one attached hydrogen (secondary N) is 1. The van der Waals surface area contributed by atoms with Crippen molar-refractivity contribution in [3.8, 4) is 0 Å². The molecule has 0 saturated carbocycles. The van der Waals surface area contributed by atoms with Crippen molar-refractivity contribution < 1.29 is 19.0 Å². The summed E-state index contributed by atoms with van der Waals surface area (Å²) in [4.78, 5) is 17.7. The van der Waals surface area contributed by atoms with Crippen molar-refractivity contribution in [3.05, 3.63) is 65.0 Å². The van der Waals surface area contributed by atoms with E-state index in [1.54, 1.807) is 0 Å². The number of ether oxygens (including phenoxy) is 1. The van der Waals surface area contributed by atoms with E-state index in [-0.39, 0.29) is 11.7 Å². The van der Waals surface area contributed by atoms with E-state index in [0.29, 0.717) is 18.0 Å². The number of carbonyl (C=O) groups excluding carboxylic acids is 1. The van der Waals surface area contributed by atoms with E-state index in [9.17, 15) is 14.3 Å². The molecule has 2 heterocycles. The molecule has 32 heavy (non-hydrogen) atoms. The average Bonchev–Trinajstić information content (AvgIpc) is 2.92. The van der Waals surface area contributed by atoms with Crippen molar-refractivity contribution in [1.82, 2.24) is 10.2 Å². The number of anilines is 1. The first-order valence-corrected chi connectivity index (χ1v) is 11.5. The lowest BCUT2D eigenvalue weighted by Gasteiger charge is -2.43. The highest BCUT2D eigenvalue weighted by atomic mass is 19.1. The van der Waals surface area contributed by atoms with Crippen LogP contribution in [0.3, 0.4) is 0 Å². The summed E-state index contributed by atoms with van der Waals surface area (Å²) in [5, 5.41) is 13.9. The number of benzene rings is 2. The molecule has 2 N–H and O–H groups in total. The van der Waals surface area contributed by atoms with Gasteiger partial charge in [-0.15, -0.1) is 0 Å². The molecule has 1 amide bonds. The Kier molecular flexibility index (Phi) is 6.13. The number of hydrogen-bond acceptors (Lipinski definition) is 5. The first kappa shape index (κ1) is 21.4. The molecule has 2 fully saturated rings. The van der Waals surface area contributed by atoms with Crippen LogP contribution in [0.2, 0.25) is 0 Å². The predicted molar refractivity (Wildman–Crippen MR) is 120 cm³/mol. The maximum absolute atomic E-state index is 13.2. The second-order valence-electron chi connectivity index (χ2n) is 9.02. The molecule has 2 aliphatic heterocycles. The Morgan fingerprint density at radius 3 is 2.50 bits per heavy atom. The lowest BCUT2D eigenvalue weighted by atomic mass is 9.96. The van der Waals surface area contributed by atoms with Gasteiger partial charge in [0.05, 0.1) is 31.4 Å². The number of nitrogens with zero attached hydrogens (tertiary/aromatic N) is 2. The van der Waals surface area contributed by atoms with Crippen LogP contribution < -0.4 is 10.2 Å². The van der Waals surface area contributed by atoms with Gasteiger partial charge in [0, 0.05) is 37.4 Å². The lowest BCUT2D eigenvalue weighted by Crippen LogP contribution is -2.56. The Labute approximate surface area is 188 Å². The van der Waals surface area contributed by atoms with Crippen LogP contribution in [0, 0.1) is 5.82 Å². The van der Waals surface area contributed by atoms with E-state index in [1.165, 1.54) is 29.8 Å². The Hall–Kier alpha value is -2.48. The fourth-order valence-electron chi connectivity index (χ4n) is 4.95. The maximum atomic E-state index is 13.2. The minimum Gasteiger partial charge on any atom is -0.391 e. The topological polar surface area (TPSA) is 65.0 Å². The predicted octanol–water partition coefficient (Wildman–Crippen LogP) is 2.51. The van der Waals surface area contributed by atoms with Gasteiger partial charge in [-0.2, -0.15) is 0 Å². The number of amides is 1. The number of fused-ring (bicyclic) bond motifs is 1. The summed E-state index contributed by atoms with van der Waals surface area (Å²) in [5.74, 6) is -0.681. The van der Waals surface area contributed by atoms with E-state index in [0.717, 1.165) is 63.5 Å². The Morgan fingerprint density at radius 1 is 1.06 bits per heavy atom. The van der Waals surface area contributed by atoms with Gasteiger partial charge in [-0.1, -0.05) is 6.07 Å². The number of carbonyl (C=O) groups is 1. The van der Waals surface area contributed by atoms with E-state index in [1.807, 2.05) is 0 Å². The van der Waals surface area contributed by atoms with Crippen molar-refractivity contribution in [3.63, 3.8) is 0 Å². The standard InChI is InChI=1S/C25H30FN3O3/c26-19-7-4-18(5-8-19)25(31)27-24-22-14-20(9-6-17(22)2-1-3-23(24)30)28-10-12-29(13-11-28)21-15-32-16-21/h4-9,14,21,23-24,30H,1-3,10-13,15-16H2,(H,27,31)/t23-,24-/m0/s1. The molecule has 0 spiro atoms. The van der Waals surface area contributed by atoms with Gasteiger partial charge in [0.2, 0.25) is 0 Å². The highest BCUT2D eigenvalue weighted by Gasteiger charge is 2.31. The summed E-state index contributed by atoms with van der Waals surface area (Å²) in [6.45, 7) is 5.60. The molecule has 0 bridgehead atoms. The molecular weight excluding hydrogens is 409 g/mol. The summed E-state index contributed by atoms with van der Waals surface area (Å²) in [6, 6.07) is 12.0. The minimum absolute atomic E-state index is 0.302. The van der Waals surface area contributed by atoms with Crippen molar-refractivity contribution >= 4 is 11.6 Å². The monoisotopic (exact) mass is 439 g/mol. The Bertz CT molecular complexity index is 955. The molecule has 5 rings (SSSR count). The van der Waals surface area contributed by atoms with Crippen LogP contribution in [0.4, 0.5) is 10.1 Å². The van der Waals surface area contributed by atoms with Crippen LogP contribution in [0.15, 0.2) is 42.5 Å². The second-order valence-corrected chi connectivity index (χ2v) is 9.02. The molecule has 1 aliphatic carbocycles. The van der Waals surface area contributed by atoms with Gasteiger partial charge in [0.1, 0.15) is 5.82 Å². The molecule has 170 valence electrons. The fraction of sp³-hybridized carbons (Fsp3) is 0.480. The van der Waals surface area contributed by atoms with E-state index in [4.69, 9.17) is 4.74 Å². The smallest absolute Gasteiger partial charge is 0.251 e. The SMILES string of the molecule is O=C(N[C@H]1c2cc(N3CCN(C4COC4)CC3)ccc2CCC[C@@H]1O)c1ccc(F)cc1. The maximum Gasteiger partial charge on any atom is 0.251 e. The number of aliphatic hydroxyl groups excluding tert-OH is 1. The Balaban J connectivity index is 1.35. The van der Waals surface area contributed by atoms with Crippen LogP contribution in [0.25, 0.3) is 0 Å². The third-order valence-electron chi connectivity index (χ3n) is 7.00. The van der Waals surface area contributed by atoms with Crippen LogP contribution >= 0.6 is 0 Å². The molecule has 2 aromatic carbocycles. The molecule has 0 unspecified atom stereocenters. The molecule has 7 heteroatoms. The molecule has 2 aromatic rings. The van der Waals surface area contributed by atoms with Gasteiger partial charge in [0.15, 0.2) is 0 Å². The van der Waals surface area contributed by atoms with E-state index >= 15 is 0 Å². The molecule has 2 atom stereocenters. The van der Waals surface area contributed by atoms with Gasteiger partial charge in [-0.3, -0.25) is 9.69 Å². The third kappa shape index (κ3) is 4.37. The van der Waals surface area contributed by atoms with Crippen LogP contribution in [-0.2, 0) is 11.2 Å². The first-order chi connectivity index (χ1) is 15.6. The van der Waals surface area contributed by atoms with Gasteiger partial charge < -0.3 is 20.1 Å². The highest BCUT2D eigenvalue weighted by Crippen LogP contribution is 2.33. The van der Waals surface area contributed by atoms with Crippen LogP contribution in [0.1, 0.15) is 40.4 Å². The molecule has 2 saturated heterocycles. The normalized spacial score (nSPS) is 24.4. The van der Waals surface area contributed by atoms with Crippen molar-refractivity contribution in [2.24, 2.45) is 0 Å². The zero-order valence-corrected chi connectivity index (χ0v) is 18.2. The van der Waals surface area contributed by atoms with Gasteiger partial charge >= 0.3 is 0 Å². The number of aryl methyl sites for hydroxylation is 1. The van der Waals surface area contributed by atoms with Crippen molar-refractivity contribution in [2.45, 2.75) is 37.5 Å². The zero-order valence-electron chi connectivity index (χ0n) is 18.2. The summed E-state index contributed by atoms with van der Waals surface area (Å²) in [5.41, 5.74) is 3.66. The second kappa shape index (κ2) is 9.17. The first-order valence-electron chi connectivity index (χ1n) is 11.5. The van der Waals surface area contributed by atoms with Gasteiger partial charge in [-0.05, 0) is 66.8 Å². The largest absolute Gasteiger partial charge is 0.391 e. The molecule has 3 aliphatic rings. The minimum atomic E-state index is -0.661. The number of hydrogen-bond donors (Lipinski definition) is 2. The molecule has 0 aromatic heterocycles. The number of halogens is 1.